The minimum Gasteiger partial charge on any atom is -0.384 e. The highest BCUT2D eigenvalue weighted by atomic mass is 32.1. The Kier molecular flexibility index (Phi) is 5.52. The highest BCUT2D eigenvalue weighted by molar-refractivity contribution is 7.15. The minimum atomic E-state index is -0.259. The van der Waals surface area contributed by atoms with E-state index in [1.54, 1.807) is 0 Å². The lowest BCUT2D eigenvalue weighted by atomic mass is 9.81. The zero-order chi connectivity index (χ0) is 20.6. The van der Waals surface area contributed by atoms with Crippen LogP contribution in [0, 0.1) is 5.92 Å². The van der Waals surface area contributed by atoms with Crippen LogP contribution in [0.1, 0.15) is 42.5 Å². The van der Waals surface area contributed by atoms with Gasteiger partial charge in [-0.05, 0) is 69.0 Å². The van der Waals surface area contributed by atoms with Crippen LogP contribution >= 0.6 is 11.3 Å². The molecule has 2 saturated heterocycles. The lowest BCUT2D eigenvalue weighted by Crippen LogP contribution is -2.49. The maximum atomic E-state index is 13.1. The molecule has 160 valence electrons. The third-order valence-electron chi connectivity index (χ3n) is 6.84. The van der Waals surface area contributed by atoms with Gasteiger partial charge in [0.1, 0.15) is 5.82 Å². The second-order valence-corrected chi connectivity index (χ2v) is 9.83. The van der Waals surface area contributed by atoms with E-state index in [0.717, 1.165) is 81.9 Å². The van der Waals surface area contributed by atoms with E-state index in [1.807, 2.05) is 29.5 Å². The Morgan fingerprint density at radius 3 is 2.97 bits per heavy atom. The molecule has 1 atom stereocenters. The van der Waals surface area contributed by atoms with E-state index < -0.39 is 0 Å². The molecule has 5 heterocycles. The molecule has 2 aromatic rings. The number of ether oxygens (including phenoxy) is 1. The monoisotopic (exact) mass is 426 g/mol. The number of nitrogens with two attached hydrogens (primary N) is 1. The fourth-order valence-electron chi connectivity index (χ4n) is 5.16. The maximum absolute atomic E-state index is 13.1. The van der Waals surface area contributed by atoms with Crippen LogP contribution in [0.15, 0.2) is 24.3 Å². The Morgan fingerprint density at radius 2 is 2.13 bits per heavy atom. The van der Waals surface area contributed by atoms with Gasteiger partial charge < -0.3 is 20.7 Å². The fourth-order valence-corrected chi connectivity index (χ4v) is 6.36. The van der Waals surface area contributed by atoms with Gasteiger partial charge in [0.05, 0.1) is 22.8 Å². The van der Waals surface area contributed by atoms with Gasteiger partial charge in [-0.3, -0.25) is 4.79 Å². The van der Waals surface area contributed by atoms with Crippen molar-refractivity contribution in [2.75, 3.05) is 38.5 Å². The number of likely N-dealkylation sites (tertiary alicyclic amines) is 1. The van der Waals surface area contributed by atoms with Gasteiger partial charge in [-0.2, -0.15) is 0 Å². The van der Waals surface area contributed by atoms with Crippen molar-refractivity contribution in [3.8, 4) is 10.6 Å². The number of thiophene rings is 1. The number of anilines is 1. The lowest BCUT2D eigenvalue weighted by molar-refractivity contribution is -0.144. The molecule has 1 amide bonds. The molecule has 0 aliphatic carbocycles. The van der Waals surface area contributed by atoms with Crippen molar-refractivity contribution in [2.24, 2.45) is 5.92 Å². The van der Waals surface area contributed by atoms with Gasteiger partial charge in [0.25, 0.3) is 0 Å². The van der Waals surface area contributed by atoms with Crippen molar-refractivity contribution in [2.45, 2.75) is 44.1 Å². The molecule has 1 unspecified atom stereocenters. The van der Waals surface area contributed by atoms with Crippen LogP contribution in [-0.2, 0) is 21.6 Å². The average Bonchev–Trinajstić information content (AvgIpc) is 3.03. The molecule has 1 spiro atoms. The number of amides is 1. The standard InChI is InChI=1S/C23H30N4O2S/c24-21-5-1-4-18(26-21)20-15-17-19(30-20)7-14-29-23(17)8-12-27(13-9-23)22(28)16-3-2-10-25-11-6-16/h1,4-5,15-16,25H,2-3,6-14H2,(H2,24,26). The first-order valence-electron chi connectivity index (χ1n) is 11.1. The van der Waals surface area contributed by atoms with Crippen molar-refractivity contribution in [3.63, 3.8) is 0 Å². The summed E-state index contributed by atoms with van der Waals surface area (Å²) in [6, 6.07) is 8.05. The largest absolute Gasteiger partial charge is 0.384 e. The summed E-state index contributed by atoms with van der Waals surface area (Å²) in [5.41, 5.74) is 7.88. The number of fused-ring (bicyclic) bond motifs is 2. The predicted octanol–water partition coefficient (Wildman–Crippen LogP) is 3.17. The number of nitrogens with zero attached hydrogens (tertiary/aromatic N) is 2. The number of carbonyl (C=O) groups excluding carboxylic acids is 1. The summed E-state index contributed by atoms with van der Waals surface area (Å²) in [7, 11) is 0. The number of piperidine rings is 1. The summed E-state index contributed by atoms with van der Waals surface area (Å²) in [6.45, 7) is 4.30. The van der Waals surface area contributed by atoms with E-state index in [-0.39, 0.29) is 11.5 Å². The third-order valence-corrected chi connectivity index (χ3v) is 8.06. The van der Waals surface area contributed by atoms with Crippen LogP contribution in [0.2, 0.25) is 0 Å². The molecule has 3 aliphatic rings. The molecule has 5 rings (SSSR count). The van der Waals surface area contributed by atoms with Gasteiger partial charge in [0, 0.05) is 30.3 Å². The number of rotatable bonds is 2. The van der Waals surface area contributed by atoms with E-state index in [2.05, 4.69) is 21.3 Å². The summed E-state index contributed by atoms with van der Waals surface area (Å²) in [5.74, 6) is 1.07. The Morgan fingerprint density at radius 1 is 1.27 bits per heavy atom. The number of carbonyl (C=O) groups is 1. The SMILES string of the molecule is Nc1cccc(-c2cc3c(s2)CCOC32CCN(C(=O)C3CCCNCC3)CC2)n1. The summed E-state index contributed by atoms with van der Waals surface area (Å²) in [5, 5.41) is 3.41. The number of aromatic nitrogens is 1. The van der Waals surface area contributed by atoms with Crippen LogP contribution in [0.3, 0.4) is 0 Å². The normalized spacial score (nSPS) is 23.7. The summed E-state index contributed by atoms with van der Waals surface area (Å²) >= 11 is 1.81. The molecule has 2 aromatic heterocycles. The van der Waals surface area contributed by atoms with Crippen molar-refractivity contribution >= 4 is 23.1 Å². The van der Waals surface area contributed by atoms with Crippen LogP contribution in [-0.4, -0.2) is 48.6 Å². The van der Waals surface area contributed by atoms with Gasteiger partial charge in [-0.25, -0.2) is 4.98 Å². The molecule has 0 aromatic carbocycles. The second-order valence-electron chi connectivity index (χ2n) is 8.69. The molecule has 7 heteroatoms. The first-order valence-corrected chi connectivity index (χ1v) is 12.0. The van der Waals surface area contributed by atoms with Crippen molar-refractivity contribution in [3.05, 3.63) is 34.7 Å². The van der Waals surface area contributed by atoms with Crippen LogP contribution in [0.5, 0.6) is 0 Å². The van der Waals surface area contributed by atoms with Crippen LogP contribution < -0.4 is 11.1 Å². The summed E-state index contributed by atoms with van der Waals surface area (Å²) in [4.78, 5) is 22.2. The zero-order valence-corrected chi connectivity index (χ0v) is 18.2. The summed E-state index contributed by atoms with van der Waals surface area (Å²) < 4.78 is 6.41. The molecule has 30 heavy (non-hydrogen) atoms. The van der Waals surface area contributed by atoms with Gasteiger partial charge in [0.2, 0.25) is 5.91 Å². The van der Waals surface area contributed by atoms with Gasteiger partial charge in [-0.1, -0.05) is 6.07 Å². The minimum absolute atomic E-state index is 0.180. The highest BCUT2D eigenvalue weighted by Gasteiger charge is 2.43. The Labute approximate surface area is 181 Å². The Hall–Kier alpha value is -1.96. The van der Waals surface area contributed by atoms with E-state index in [0.29, 0.717) is 11.7 Å². The molecule has 0 saturated carbocycles. The third kappa shape index (κ3) is 3.74. The number of nitrogen functional groups attached to an aromatic ring is 1. The van der Waals surface area contributed by atoms with Gasteiger partial charge >= 0.3 is 0 Å². The molecule has 0 radical (unpaired) electrons. The fraction of sp³-hybridized carbons (Fsp3) is 0.565. The smallest absolute Gasteiger partial charge is 0.225 e. The van der Waals surface area contributed by atoms with E-state index in [9.17, 15) is 4.79 Å². The molecule has 2 fully saturated rings. The molecule has 6 nitrogen and oxygen atoms in total. The van der Waals surface area contributed by atoms with Gasteiger partial charge in [0.15, 0.2) is 0 Å². The predicted molar refractivity (Wildman–Crippen MR) is 119 cm³/mol. The first-order chi connectivity index (χ1) is 14.6. The second kappa shape index (κ2) is 8.29. The molecule has 3 aliphatic heterocycles. The maximum Gasteiger partial charge on any atom is 0.225 e. The van der Waals surface area contributed by atoms with Crippen molar-refractivity contribution in [1.82, 2.24) is 15.2 Å². The quantitative estimate of drug-likeness (QED) is 0.771. The van der Waals surface area contributed by atoms with E-state index in [1.165, 1.54) is 10.4 Å². The number of hydrogen-bond donors (Lipinski definition) is 2. The zero-order valence-electron chi connectivity index (χ0n) is 17.4. The van der Waals surface area contributed by atoms with E-state index >= 15 is 0 Å². The number of hydrogen-bond acceptors (Lipinski definition) is 6. The average molecular weight is 427 g/mol. The van der Waals surface area contributed by atoms with Crippen LogP contribution in [0.4, 0.5) is 5.82 Å². The van der Waals surface area contributed by atoms with Crippen molar-refractivity contribution in [1.29, 1.82) is 0 Å². The summed E-state index contributed by atoms with van der Waals surface area (Å²) in [6.07, 6.45) is 5.75. The van der Waals surface area contributed by atoms with E-state index in [4.69, 9.17) is 10.5 Å². The Balaban J connectivity index is 1.33. The van der Waals surface area contributed by atoms with Gasteiger partial charge in [-0.15, -0.1) is 11.3 Å². The molecule has 0 bridgehead atoms. The first kappa shape index (κ1) is 20.0. The van der Waals surface area contributed by atoms with Crippen molar-refractivity contribution < 1.29 is 9.53 Å². The number of pyridine rings is 1. The Bertz CT molecular complexity index is 912. The highest BCUT2D eigenvalue weighted by Crippen LogP contribution is 2.46. The molecular weight excluding hydrogens is 396 g/mol. The number of nitrogens with one attached hydrogen (secondary N) is 1. The van der Waals surface area contributed by atoms with Crippen LogP contribution in [0.25, 0.3) is 10.6 Å². The molecular formula is C23H30N4O2S. The lowest BCUT2D eigenvalue weighted by Gasteiger charge is -2.44. The molecule has 3 N–H and O–H groups in total. The topological polar surface area (TPSA) is 80.5 Å².